The van der Waals surface area contributed by atoms with Crippen LogP contribution in [0.15, 0.2) is 5.38 Å². The van der Waals surface area contributed by atoms with Gasteiger partial charge in [0.05, 0.1) is 0 Å². The fraction of sp³-hybridized carbons (Fsp3) is 0.571. The van der Waals surface area contributed by atoms with Crippen molar-refractivity contribution in [1.29, 1.82) is 0 Å². The van der Waals surface area contributed by atoms with Gasteiger partial charge in [0.2, 0.25) is 0 Å². The quantitative estimate of drug-likeness (QED) is 0.696. The molecule has 4 heteroatoms. The topological polar surface area (TPSA) is 48.1 Å². The molecule has 1 saturated heterocycles. The first-order valence-electron chi connectivity index (χ1n) is 3.69. The van der Waals surface area contributed by atoms with Crippen LogP contribution in [0.1, 0.15) is 24.0 Å². The van der Waals surface area contributed by atoms with E-state index in [1.54, 1.807) is 11.3 Å². The SMILES string of the molecule is Nc1csc(C2CCCO2)n1. The third kappa shape index (κ3) is 1.36. The van der Waals surface area contributed by atoms with Crippen LogP contribution in [0.4, 0.5) is 5.82 Å². The molecule has 1 unspecified atom stereocenters. The van der Waals surface area contributed by atoms with E-state index in [2.05, 4.69) is 4.98 Å². The Morgan fingerprint density at radius 1 is 1.73 bits per heavy atom. The summed E-state index contributed by atoms with van der Waals surface area (Å²) in [5, 5.41) is 2.89. The van der Waals surface area contributed by atoms with Gasteiger partial charge in [-0.2, -0.15) is 0 Å². The van der Waals surface area contributed by atoms with Crippen molar-refractivity contribution >= 4 is 17.2 Å². The van der Waals surface area contributed by atoms with E-state index >= 15 is 0 Å². The van der Waals surface area contributed by atoms with Gasteiger partial charge < -0.3 is 10.5 Å². The van der Waals surface area contributed by atoms with Crippen molar-refractivity contribution < 1.29 is 4.74 Å². The summed E-state index contributed by atoms with van der Waals surface area (Å²) >= 11 is 1.59. The van der Waals surface area contributed by atoms with Crippen molar-refractivity contribution in [2.75, 3.05) is 12.3 Å². The Kier molecular flexibility index (Phi) is 1.79. The molecule has 3 nitrogen and oxygen atoms in total. The summed E-state index contributed by atoms with van der Waals surface area (Å²) in [6.07, 6.45) is 2.45. The van der Waals surface area contributed by atoms with Crippen molar-refractivity contribution in [1.82, 2.24) is 4.98 Å². The Morgan fingerprint density at radius 2 is 2.64 bits per heavy atom. The van der Waals surface area contributed by atoms with Gasteiger partial charge in [0.25, 0.3) is 0 Å². The van der Waals surface area contributed by atoms with Gasteiger partial charge in [-0.05, 0) is 12.8 Å². The number of hydrogen-bond donors (Lipinski definition) is 1. The molecule has 0 aromatic carbocycles. The maximum atomic E-state index is 5.49. The molecule has 0 radical (unpaired) electrons. The van der Waals surface area contributed by atoms with Gasteiger partial charge >= 0.3 is 0 Å². The van der Waals surface area contributed by atoms with Crippen LogP contribution in [-0.2, 0) is 4.74 Å². The third-order valence-electron chi connectivity index (χ3n) is 1.74. The molecule has 2 rings (SSSR count). The van der Waals surface area contributed by atoms with Gasteiger partial charge in [-0.3, -0.25) is 0 Å². The van der Waals surface area contributed by atoms with E-state index in [-0.39, 0.29) is 6.10 Å². The van der Waals surface area contributed by atoms with Crippen molar-refractivity contribution in [2.45, 2.75) is 18.9 Å². The molecule has 2 N–H and O–H groups in total. The molecule has 0 aliphatic carbocycles. The number of aromatic nitrogens is 1. The lowest BCUT2D eigenvalue weighted by Crippen LogP contribution is -1.95. The molecule has 1 aromatic heterocycles. The van der Waals surface area contributed by atoms with Crippen LogP contribution in [0.3, 0.4) is 0 Å². The van der Waals surface area contributed by atoms with E-state index in [4.69, 9.17) is 10.5 Å². The van der Waals surface area contributed by atoms with Gasteiger partial charge in [0.15, 0.2) is 0 Å². The molecular weight excluding hydrogens is 160 g/mol. The maximum absolute atomic E-state index is 5.49. The second kappa shape index (κ2) is 2.79. The predicted octanol–water partition coefficient (Wildman–Crippen LogP) is 1.58. The van der Waals surface area contributed by atoms with Gasteiger partial charge in [0, 0.05) is 12.0 Å². The second-order valence-corrected chi connectivity index (χ2v) is 3.50. The minimum atomic E-state index is 0.220. The zero-order valence-corrected chi connectivity index (χ0v) is 6.93. The monoisotopic (exact) mass is 170 g/mol. The van der Waals surface area contributed by atoms with E-state index in [1.807, 2.05) is 5.38 Å². The van der Waals surface area contributed by atoms with Gasteiger partial charge in [0.1, 0.15) is 16.9 Å². The van der Waals surface area contributed by atoms with Crippen molar-refractivity contribution in [3.8, 4) is 0 Å². The summed E-state index contributed by atoms with van der Waals surface area (Å²) in [5.74, 6) is 0.612. The van der Waals surface area contributed by atoms with Crippen LogP contribution in [0.25, 0.3) is 0 Å². The summed E-state index contributed by atoms with van der Waals surface area (Å²) in [5.41, 5.74) is 5.49. The molecule has 1 aliphatic rings. The van der Waals surface area contributed by atoms with Gasteiger partial charge in [-0.1, -0.05) is 0 Å². The highest BCUT2D eigenvalue weighted by Crippen LogP contribution is 2.30. The fourth-order valence-electron chi connectivity index (χ4n) is 1.22. The van der Waals surface area contributed by atoms with Crippen LogP contribution in [0.5, 0.6) is 0 Å². The lowest BCUT2D eigenvalue weighted by atomic mass is 10.2. The van der Waals surface area contributed by atoms with E-state index in [1.165, 1.54) is 0 Å². The van der Waals surface area contributed by atoms with Crippen LogP contribution < -0.4 is 5.73 Å². The van der Waals surface area contributed by atoms with E-state index in [0.29, 0.717) is 5.82 Å². The summed E-state index contributed by atoms with van der Waals surface area (Å²) in [4.78, 5) is 4.16. The first-order chi connectivity index (χ1) is 5.36. The van der Waals surface area contributed by atoms with Crippen molar-refractivity contribution in [3.63, 3.8) is 0 Å². The Balaban J connectivity index is 2.15. The molecule has 0 amide bonds. The molecule has 0 spiro atoms. The molecular formula is C7H10N2OS. The molecule has 11 heavy (non-hydrogen) atoms. The van der Waals surface area contributed by atoms with E-state index in [0.717, 1.165) is 24.5 Å². The Bertz CT molecular complexity index is 242. The second-order valence-electron chi connectivity index (χ2n) is 2.61. The van der Waals surface area contributed by atoms with Gasteiger partial charge in [-0.15, -0.1) is 11.3 Å². The lowest BCUT2D eigenvalue weighted by molar-refractivity contribution is 0.112. The van der Waals surface area contributed by atoms with Crippen LogP contribution in [-0.4, -0.2) is 11.6 Å². The number of anilines is 1. The number of ether oxygens (including phenoxy) is 1. The number of thiazole rings is 1. The van der Waals surface area contributed by atoms with E-state index in [9.17, 15) is 0 Å². The zero-order valence-electron chi connectivity index (χ0n) is 6.12. The van der Waals surface area contributed by atoms with Crippen LogP contribution >= 0.6 is 11.3 Å². The third-order valence-corrected chi connectivity index (χ3v) is 2.70. The first kappa shape index (κ1) is 7.06. The standard InChI is InChI=1S/C7H10N2OS/c8-6-4-11-7(9-6)5-2-1-3-10-5/h4-5H,1-3,8H2. The molecule has 1 aromatic rings. The molecule has 2 heterocycles. The van der Waals surface area contributed by atoms with Crippen LogP contribution in [0, 0.1) is 0 Å². The molecule has 0 bridgehead atoms. The molecule has 1 aliphatic heterocycles. The first-order valence-corrected chi connectivity index (χ1v) is 4.57. The molecule has 1 atom stereocenters. The Hall–Kier alpha value is -0.610. The average Bonchev–Trinajstić information content (AvgIpc) is 2.55. The van der Waals surface area contributed by atoms with Crippen LogP contribution in [0.2, 0.25) is 0 Å². The highest BCUT2D eigenvalue weighted by Gasteiger charge is 2.20. The lowest BCUT2D eigenvalue weighted by Gasteiger charge is -2.02. The molecule has 60 valence electrons. The fourth-order valence-corrected chi connectivity index (χ4v) is 2.01. The minimum Gasteiger partial charge on any atom is -0.383 e. The summed E-state index contributed by atoms with van der Waals surface area (Å²) in [6, 6.07) is 0. The normalized spacial score (nSPS) is 24.2. The Labute approximate surface area is 69.2 Å². The number of hydrogen-bond acceptors (Lipinski definition) is 4. The number of rotatable bonds is 1. The zero-order chi connectivity index (χ0) is 7.68. The summed E-state index contributed by atoms with van der Waals surface area (Å²) in [6.45, 7) is 0.865. The maximum Gasteiger partial charge on any atom is 0.134 e. The van der Waals surface area contributed by atoms with Crippen molar-refractivity contribution in [2.24, 2.45) is 0 Å². The predicted molar refractivity (Wildman–Crippen MR) is 44.5 cm³/mol. The van der Waals surface area contributed by atoms with Crippen molar-refractivity contribution in [3.05, 3.63) is 10.4 Å². The largest absolute Gasteiger partial charge is 0.383 e. The number of nitrogens with two attached hydrogens (primary N) is 1. The highest BCUT2D eigenvalue weighted by molar-refractivity contribution is 7.10. The molecule has 0 saturated carbocycles. The molecule has 1 fully saturated rings. The average molecular weight is 170 g/mol. The minimum absolute atomic E-state index is 0.220. The Morgan fingerprint density at radius 3 is 3.18 bits per heavy atom. The number of nitrogens with zero attached hydrogens (tertiary/aromatic N) is 1. The summed E-state index contributed by atoms with van der Waals surface area (Å²) in [7, 11) is 0. The highest BCUT2D eigenvalue weighted by atomic mass is 32.1. The smallest absolute Gasteiger partial charge is 0.134 e. The van der Waals surface area contributed by atoms with Gasteiger partial charge in [-0.25, -0.2) is 4.98 Å². The van der Waals surface area contributed by atoms with E-state index < -0.39 is 0 Å². The summed E-state index contributed by atoms with van der Waals surface area (Å²) < 4.78 is 5.44. The number of nitrogen functional groups attached to an aromatic ring is 1.